The van der Waals surface area contributed by atoms with E-state index in [1.54, 1.807) is 61.7 Å². The van der Waals surface area contributed by atoms with E-state index in [1.165, 1.54) is 24.1 Å². The van der Waals surface area contributed by atoms with Crippen LogP contribution in [-0.2, 0) is 26.3 Å². The first-order valence-corrected chi connectivity index (χ1v) is 13.0. The van der Waals surface area contributed by atoms with Gasteiger partial charge in [0.05, 0.1) is 25.3 Å². The number of carbonyl (C=O) groups excluding carboxylic acids is 2. The summed E-state index contributed by atoms with van der Waals surface area (Å²) in [4.78, 5) is 28.0. The van der Waals surface area contributed by atoms with Crippen LogP contribution in [0.15, 0.2) is 72.3 Å². The highest BCUT2D eigenvalue weighted by atomic mass is 19.1. The molecule has 1 saturated heterocycles. The molecule has 1 unspecified atom stereocenters. The summed E-state index contributed by atoms with van der Waals surface area (Å²) >= 11 is 0. The molecule has 1 N–H and O–H groups in total. The molecular weight excluding hydrogens is 513 g/mol. The molecule has 1 aliphatic rings. The Morgan fingerprint density at radius 2 is 1.73 bits per heavy atom. The van der Waals surface area contributed by atoms with Crippen molar-refractivity contribution in [3.05, 3.63) is 100 Å². The largest absolute Gasteiger partial charge is 0.507 e. The average molecular weight is 548 g/mol. The topological polar surface area (TPSA) is 85.3 Å². The second kappa shape index (κ2) is 11.9. The molecule has 1 fully saturated rings. The third-order valence-electron chi connectivity index (χ3n) is 6.85. The molecule has 1 amide bonds. The lowest BCUT2D eigenvalue weighted by Gasteiger charge is -2.26. The first-order valence-electron chi connectivity index (χ1n) is 13.0. The van der Waals surface area contributed by atoms with Crippen LogP contribution in [0.25, 0.3) is 5.76 Å². The number of hydrogen-bond acceptors (Lipinski definition) is 6. The zero-order valence-corrected chi connectivity index (χ0v) is 23.4. The zero-order chi connectivity index (χ0) is 29.0. The van der Waals surface area contributed by atoms with Gasteiger partial charge in [-0.3, -0.25) is 9.59 Å². The monoisotopic (exact) mass is 547 g/mol. The van der Waals surface area contributed by atoms with Crippen LogP contribution >= 0.6 is 0 Å². The van der Waals surface area contributed by atoms with Crippen molar-refractivity contribution in [1.82, 2.24) is 4.90 Å². The number of hydrogen-bond donors (Lipinski definition) is 1. The Bertz CT molecular complexity index is 1420. The Morgan fingerprint density at radius 3 is 2.38 bits per heavy atom. The molecule has 3 aromatic rings. The smallest absolute Gasteiger partial charge is 0.295 e. The molecule has 0 spiro atoms. The van der Waals surface area contributed by atoms with Gasteiger partial charge in [-0.1, -0.05) is 45.0 Å². The summed E-state index contributed by atoms with van der Waals surface area (Å²) in [6, 6.07) is 17.4. The third kappa shape index (κ3) is 6.02. The van der Waals surface area contributed by atoms with E-state index < -0.39 is 17.7 Å². The van der Waals surface area contributed by atoms with Gasteiger partial charge < -0.3 is 24.2 Å². The van der Waals surface area contributed by atoms with E-state index in [4.69, 9.17) is 14.2 Å². The molecule has 0 radical (unpaired) electrons. The van der Waals surface area contributed by atoms with Gasteiger partial charge in [-0.25, -0.2) is 4.39 Å². The summed E-state index contributed by atoms with van der Waals surface area (Å²) in [6.45, 7) is 6.64. The second-order valence-corrected chi connectivity index (χ2v) is 10.6. The van der Waals surface area contributed by atoms with Crippen molar-refractivity contribution in [2.45, 2.75) is 38.8 Å². The first-order chi connectivity index (χ1) is 19.0. The molecule has 40 heavy (non-hydrogen) atoms. The van der Waals surface area contributed by atoms with Crippen molar-refractivity contribution < 1.29 is 33.3 Å². The number of likely N-dealkylation sites (tertiary alicyclic amines) is 1. The van der Waals surface area contributed by atoms with E-state index in [2.05, 4.69) is 0 Å². The Labute approximate surface area is 233 Å². The van der Waals surface area contributed by atoms with Crippen LogP contribution in [0, 0.1) is 5.82 Å². The second-order valence-electron chi connectivity index (χ2n) is 10.6. The van der Waals surface area contributed by atoms with E-state index in [0.29, 0.717) is 22.6 Å². The number of ether oxygens (including phenoxy) is 3. The fraction of sp³-hybridized carbons (Fsp3) is 0.312. The van der Waals surface area contributed by atoms with E-state index in [9.17, 15) is 19.1 Å². The molecule has 1 atom stereocenters. The maximum Gasteiger partial charge on any atom is 0.295 e. The van der Waals surface area contributed by atoms with Crippen LogP contribution in [0.4, 0.5) is 4.39 Å². The number of halogens is 1. The Hall–Kier alpha value is -4.17. The molecule has 0 aliphatic carbocycles. The highest BCUT2D eigenvalue weighted by molar-refractivity contribution is 6.46. The van der Waals surface area contributed by atoms with Gasteiger partial charge in [0.1, 0.15) is 29.7 Å². The average Bonchev–Trinajstić information content (AvgIpc) is 3.19. The van der Waals surface area contributed by atoms with Crippen molar-refractivity contribution in [3.8, 4) is 11.5 Å². The maximum absolute atomic E-state index is 13.4. The van der Waals surface area contributed by atoms with Crippen LogP contribution < -0.4 is 9.47 Å². The van der Waals surface area contributed by atoms with E-state index in [1.807, 2.05) is 20.8 Å². The number of methoxy groups -OCH3 is 2. The molecule has 3 aromatic carbocycles. The normalized spacial score (nSPS) is 16.9. The number of ketones is 1. The van der Waals surface area contributed by atoms with Crippen LogP contribution in [0.1, 0.15) is 49.1 Å². The summed E-state index contributed by atoms with van der Waals surface area (Å²) in [5.74, 6) is -0.932. The Morgan fingerprint density at radius 1 is 1.00 bits per heavy atom. The number of rotatable bonds is 9. The number of amides is 1. The zero-order valence-electron chi connectivity index (χ0n) is 23.4. The Balaban J connectivity index is 1.77. The van der Waals surface area contributed by atoms with Gasteiger partial charge >= 0.3 is 0 Å². The lowest BCUT2D eigenvalue weighted by Crippen LogP contribution is -2.32. The van der Waals surface area contributed by atoms with Crippen LogP contribution in [0.5, 0.6) is 11.5 Å². The summed E-state index contributed by atoms with van der Waals surface area (Å²) in [6.07, 6.45) is 0. The molecule has 1 aliphatic heterocycles. The number of nitrogens with zero attached hydrogens (tertiary/aromatic N) is 1. The van der Waals surface area contributed by atoms with Gasteiger partial charge in [0.2, 0.25) is 0 Å². The molecule has 0 bridgehead atoms. The summed E-state index contributed by atoms with van der Waals surface area (Å²) < 4.78 is 29.9. The lowest BCUT2D eigenvalue weighted by molar-refractivity contribution is -0.140. The van der Waals surface area contributed by atoms with E-state index in [-0.39, 0.29) is 42.3 Å². The number of carbonyl (C=O) groups is 2. The van der Waals surface area contributed by atoms with Gasteiger partial charge in [-0.05, 0) is 59.0 Å². The van der Waals surface area contributed by atoms with Crippen LogP contribution in [-0.4, -0.2) is 49.1 Å². The maximum atomic E-state index is 13.4. The van der Waals surface area contributed by atoms with Gasteiger partial charge in [-0.15, -0.1) is 0 Å². The SMILES string of the molecule is COCCN1C(=O)C(=O)/C(=C(/O)c2ccc(OC)c(C(C)(C)C)c2)C1c1cccc(OCc2ccc(F)cc2)c1. The lowest BCUT2D eigenvalue weighted by atomic mass is 9.84. The Kier molecular flexibility index (Phi) is 8.59. The highest BCUT2D eigenvalue weighted by Crippen LogP contribution is 2.41. The fourth-order valence-electron chi connectivity index (χ4n) is 4.77. The number of Topliss-reactive ketones (excluding diaryl/α,β-unsaturated/α-hetero) is 1. The van der Waals surface area contributed by atoms with Gasteiger partial charge in [-0.2, -0.15) is 0 Å². The molecule has 7 nitrogen and oxygen atoms in total. The van der Waals surface area contributed by atoms with Crippen LogP contribution in [0.3, 0.4) is 0 Å². The number of aliphatic hydroxyl groups is 1. The molecule has 0 saturated carbocycles. The predicted octanol–water partition coefficient (Wildman–Crippen LogP) is 5.78. The summed E-state index contributed by atoms with van der Waals surface area (Å²) in [7, 11) is 3.09. The minimum atomic E-state index is -0.857. The van der Waals surface area contributed by atoms with Crippen molar-refractivity contribution in [2.24, 2.45) is 0 Å². The van der Waals surface area contributed by atoms with Gasteiger partial charge in [0.25, 0.3) is 11.7 Å². The van der Waals surface area contributed by atoms with Crippen LogP contribution in [0.2, 0.25) is 0 Å². The standard InChI is InChI=1S/C32H34FNO6/c1-32(2,3)25-18-22(11-14-26(25)39-5)29(35)27-28(34(15-16-38-4)31(37)30(27)36)21-7-6-8-24(17-21)40-19-20-9-12-23(33)13-10-20/h6-14,17-18,28,35H,15-16,19H2,1-5H3/b29-27+. The minimum absolute atomic E-state index is 0.0122. The van der Waals surface area contributed by atoms with Crippen molar-refractivity contribution in [3.63, 3.8) is 0 Å². The van der Waals surface area contributed by atoms with E-state index in [0.717, 1.165) is 11.1 Å². The molecule has 210 valence electrons. The third-order valence-corrected chi connectivity index (χ3v) is 6.85. The fourth-order valence-corrected chi connectivity index (χ4v) is 4.77. The van der Waals surface area contributed by atoms with Crippen molar-refractivity contribution in [2.75, 3.05) is 27.4 Å². The summed E-state index contributed by atoms with van der Waals surface area (Å²) in [5.41, 5.74) is 2.32. The number of aliphatic hydroxyl groups excluding tert-OH is 1. The van der Waals surface area contributed by atoms with Crippen molar-refractivity contribution in [1.29, 1.82) is 0 Å². The summed E-state index contributed by atoms with van der Waals surface area (Å²) in [5, 5.41) is 11.5. The van der Waals surface area contributed by atoms with Gasteiger partial charge in [0.15, 0.2) is 0 Å². The molecular formula is C32H34FNO6. The minimum Gasteiger partial charge on any atom is -0.507 e. The predicted molar refractivity (Wildman–Crippen MR) is 150 cm³/mol. The first kappa shape index (κ1) is 28.8. The molecule has 4 rings (SSSR count). The van der Waals surface area contributed by atoms with Gasteiger partial charge in [0, 0.05) is 24.8 Å². The highest BCUT2D eigenvalue weighted by Gasteiger charge is 2.46. The van der Waals surface area contributed by atoms with E-state index >= 15 is 0 Å². The number of benzene rings is 3. The quantitative estimate of drug-likeness (QED) is 0.208. The van der Waals surface area contributed by atoms with Crippen molar-refractivity contribution >= 4 is 17.4 Å². The molecule has 8 heteroatoms. The molecule has 0 aromatic heterocycles. The molecule has 1 heterocycles.